The number of hydrogen-bond donors (Lipinski definition) is 1. The summed E-state index contributed by atoms with van der Waals surface area (Å²) in [4.78, 5) is 12.2. The van der Waals surface area contributed by atoms with Crippen LogP contribution in [0.3, 0.4) is 0 Å². The van der Waals surface area contributed by atoms with Gasteiger partial charge in [0.1, 0.15) is 12.6 Å². The molecular weight excluding hydrogens is 298 g/mol. The molecule has 0 aliphatic carbocycles. The highest BCUT2D eigenvalue weighted by molar-refractivity contribution is 5.76. The third-order valence-electron chi connectivity index (χ3n) is 3.74. The Labute approximate surface area is 134 Å². The number of carbonyl (C=O) groups is 1. The van der Waals surface area contributed by atoms with Gasteiger partial charge in [0.05, 0.1) is 37.3 Å². The zero-order chi connectivity index (χ0) is 16.4. The molecule has 1 aliphatic heterocycles. The molecule has 0 radical (unpaired) electrons. The van der Waals surface area contributed by atoms with Crippen molar-refractivity contribution >= 4 is 5.91 Å². The molecule has 1 N–H and O–H groups in total. The minimum absolute atomic E-state index is 0.105. The molecule has 2 aromatic heterocycles. The van der Waals surface area contributed by atoms with E-state index in [1.807, 2.05) is 27.0 Å². The molecule has 1 saturated heterocycles. The van der Waals surface area contributed by atoms with Gasteiger partial charge in [0, 0.05) is 12.7 Å². The SMILES string of the molecule is Cc1cc(C)n(CC(=O)N[C@H]2COC[C@H]2Oc2cnn(C)c2)n1. The van der Waals surface area contributed by atoms with Crippen LogP contribution in [-0.2, 0) is 23.1 Å². The molecule has 0 saturated carbocycles. The molecule has 3 heterocycles. The molecule has 2 atom stereocenters. The van der Waals surface area contributed by atoms with Crippen molar-refractivity contribution in [1.29, 1.82) is 0 Å². The van der Waals surface area contributed by atoms with E-state index in [-0.39, 0.29) is 24.6 Å². The first kappa shape index (κ1) is 15.5. The molecule has 23 heavy (non-hydrogen) atoms. The quantitative estimate of drug-likeness (QED) is 0.851. The summed E-state index contributed by atoms with van der Waals surface area (Å²) in [5.74, 6) is 0.562. The van der Waals surface area contributed by atoms with Gasteiger partial charge >= 0.3 is 0 Å². The van der Waals surface area contributed by atoms with E-state index in [1.54, 1.807) is 21.8 Å². The highest BCUT2D eigenvalue weighted by atomic mass is 16.5. The predicted octanol–water partition coefficient (Wildman–Crippen LogP) is 0.196. The number of carbonyl (C=O) groups excluding carboxylic acids is 1. The van der Waals surface area contributed by atoms with Gasteiger partial charge in [0.15, 0.2) is 5.75 Å². The van der Waals surface area contributed by atoms with Crippen molar-refractivity contribution in [3.8, 4) is 5.75 Å². The van der Waals surface area contributed by atoms with Crippen molar-refractivity contribution in [3.63, 3.8) is 0 Å². The normalized spacial score (nSPS) is 20.7. The highest BCUT2D eigenvalue weighted by Gasteiger charge is 2.31. The van der Waals surface area contributed by atoms with Crippen molar-refractivity contribution in [2.45, 2.75) is 32.5 Å². The van der Waals surface area contributed by atoms with E-state index in [0.29, 0.717) is 19.0 Å². The molecule has 8 nitrogen and oxygen atoms in total. The summed E-state index contributed by atoms with van der Waals surface area (Å²) in [6.07, 6.45) is 3.21. The molecule has 1 fully saturated rings. The maximum Gasteiger partial charge on any atom is 0.242 e. The predicted molar refractivity (Wildman–Crippen MR) is 82.1 cm³/mol. The maximum atomic E-state index is 12.2. The van der Waals surface area contributed by atoms with Crippen molar-refractivity contribution in [3.05, 3.63) is 29.8 Å². The van der Waals surface area contributed by atoms with Gasteiger partial charge in [-0.05, 0) is 19.9 Å². The lowest BCUT2D eigenvalue weighted by Crippen LogP contribution is -2.46. The number of hydrogen-bond acceptors (Lipinski definition) is 5. The van der Waals surface area contributed by atoms with Crippen LogP contribution in [0.15, 0.2) is 18.5 Å². The Morgan fingerprint density at radius 2 is 2.30 bits per heavy atom. The molecule has 3 rings (SSSR count). The third kappa shape index (κ3) is 3.70. The Morgan fingerprint density at radius 1 is 1.48 bits per heavy atom. The summed E-state index contributed by atoms with van der Waals surface area (Å²) in [5, 5.41) is 11.3. The Balaban J connectivity index is 1.57. The van der Waals surface area contributed by atoms with Crippen LogP contribution in [-0.4, -0.2) is 50.8 Å². The van der Waals surface area contributed by atoms with E-state index in [0.717, 1.165) is 11.4 Å². The van der Waals surface area contributed by atoms with E-state index in [1.165, 1.54) is 0 Å². The molecule has 8 heteroatoms. The summed E-state index contributed by atoms with van der Waals surface area (Å²) < 4.78 is 14.6. The molecular formula is C15H21N5O3. The second-order valence-corrected chi connectivity index (χ2v) is 5.80. The molecule has 124 valence electrons. The molecule has 0 spiro atoms. The number of nitrogens with one attached hydrogen (secondary N) is 1. The number of amides is 1. The van der Waals surface area contributed by atoms with Crippen LogP contribution in [0.2, 0.25) is 0 Å². The van der Waals surface area contributed by atoms with Crippen LogP contribution in [0.1, 0.15) is 11.4 Å². The monoisotopic (exact) mass is 319 g/mol. The minimum Gasteiger partial charge on any atom is -0.482 e. The Morgan fingerprint density at radius 3 is 2.96 bits per heavy atom. The van der Waals surface area contributed by atoms with Crippen LogP contribution in [0.25, 0.3) is 0 Å². The van der Waals surface area contributed by atoms with E-state index in [4.69, 9.17) is 9.47 Å². The van der Waals surface area contributed by atoms with Gasteiger partial charge in [-0.2, -0.15) is 10.2 Å². The second kappa shape index (κ2) is 6.41. The van der Waals surface area contributed by atoms with E-state index in [9.17, 15) is 4.79 Å². The zero-order valence-electron chi connectivity index (χ0n) is 13.5. The first-order valence-electron chi connectivity index (χ1n) is 7.55. The summed E-state index contributed by atoms with van der Waals surface area (Å²) in [7, 11) is 1.83. The van der Waals surface area contributed by atoms with Gasteiger partial charge in [-0.15, -0.1) is 0 Å². The van der Waals surface area contributed by atoms with E-state index in [2.05, 4.69) is 15.5 Å². The zero-order valence-corrected chi connectivity index (χ0v) is 13.5. The van der Waals surface area contributed by atoms with Crippen LogP contribution in [0, 0.1) is 13.8 Å². The van der Waals surface area contributed by atoms with Crippen LogP contribution in [0.5, 0.6) is 5.75 Å². The topological polar surface area (TPSA) is 83.2 Å². The van der Waals surface area contributed by atoms with E-state index < -0.39 is 0 Å². The van der Waals surface area contributed by atoms with Gasteiger partial charge < -0.3 is 14.8 Å². The fraction of sp³-hybridized carbons (Fsp3) is 0.533. The van der Waals surface area contributed by atoms with E-state index >= 15 is 0 Å². The largest absolute Gasteiger partial charge is 0.482 e. The van der Waals surface area contributed by atoms with Crippen LogP contribution in [0.4, 0.5) is 0 Å². The Hall–Kier alpha value is -2.35. The van der Waals surface area contributed by atoms with Gasteiger partial charge in [0.25, 0.3) is 0 Å². The lowest BCUT2D eigenvalue weighted by molar-refractivity contribution is -0.123. The smallest absolute Gasteiger partial charge is 0.242 e. The number of rotatable bonds is 5. The number of aryl methyl sites for hydroxylation is 3. The minimum atomic E-state index is -0.219. The summed E-state index contributed by atoms with van der Waals surface area (Å²) >= 11 is 0. The average Bonchev–Trinajstić information content (AvgIpc) is 3.15. The van der Waals surface area contributed by atoms with Crippen molar-refractivity contribution in [1.82, 2.24) is 24.9 Å². The van der Waals surface area contributed by atoms with Gasteiger partial charge in [0.2, 0.25) is 5.91 Å². The average molecular weight is 319 g/mol. The summed E-state index contributed by atoms with van der Waals surface area (Å²) in [6, 6.07) is 1.76. The van der Waals surface area contributed by atoms with Crippen LogP contribution >= 0.6 is 0 Å². The molecule has 0 bridgehead atoms. The lowest BCUT2D eigenvalue weighted by atomic mass is 10.2. The van der Waals surface area contributed by atoms with Gasteiger partial charge in [-0.3, -0.25) is 14.2 Å². The van der Waals surface area contributed by atoms with Crippen molar-refractivity contribution in [2.24, 2.45) is 7.05 Å². The van der Waals surface area contributed by atoms with Crippen LogP contribution < -0.4 is 10.1 Å². The lowest BCUT2D eigenvalue weighted by Gasteiger charge is -2.19. The summed E-state index contributed by atoms with van der Waals surface area (Å²) in [5.41, 5.74) is 1.86. The molecule has 2 aromatic rings. The Bertz CT molecular complexity index is 693. The van der Waals surface area contributed by atoms with Crippen molar-refractivity contribution < 1.29 is 14.3 Å². The molecule has 0 unspecified atom stereocenters. The van der Waals surface area contributed by atoms with Crippen molar-refractivity contribution in [2.75, 3.05) is 13.2 Å². The Kier molecular flexibility index (Phi) is 4.33. The standard InChI is InChI=1S/C15H21N5O3/c1-10-4-11(2)20(18-10)7-15(21)17-13-8-22-9-14(13)23-12-5-16-19(3)6-12/h4-6,13-14H,7-9H2,1-3H3,(H,17,21)/t13-,14+/m0/s1. The maximum absolute atomic E-state index is 12.2. The third-order valence-corrected chi connectivity index (χ3v) is 3.74. The molecule has 1 aliphatic rings. The number of aromatic nitrogens is 4. The number of nitrogens with zero attached hydrogens (tertiary/aromatic N) is 4. The first-order valence-corrected chi connectivity index (χ1v) is 7.55. The summed E-state index contributed by atoms with van der Waals surface area (Å²) in [6.45, 7) is 4.91. The van der Waals surface area contributed by atoms with Gasteiger partial charge in [-0.1, -0.05) is 0 Å². The first-order chi connectivity index (χ1) is 11.0. The fourth-order valence-corrected chi connectivity index (χ4v) is 2.64. The highest BCUT2D eigenvalue weighted by Crippen LogP contribution is 2.16. The molecule has 0 aromatic carbocycles. The fourth-order valence-electron chi connectivity index (χ4n) is 2.64. The number of ether oxygens (including phenoxy) is 2. The molecule has 1 amide bonds. The second-order valence-electron chi connectivity index (χ2n) is 5.80. The van der Waals surface area contributed by atoms with Gasteiger partial charge in [-0.25, -0.2) is 0 Å².